The number of amides is 3. The van der Waals surface area contributed by atoms with Gasteiger partial charge in [0, 0.05) is 13.1 Å². The monoisotopic (exact) mass is 480 g/mol. The Morgan fingerprint density at radius 3 is 2.20 bits per heavy atom. The third kappa shape index (κ3) is 4.90. The summed E-state index contributed by atoms with van der Waals surface area (Å²) in [7, 11) is 1.42. The number of benzene rings is 2. The summed E-state index contributed by atoms with van der Waals surface area (Å²) >= 11 is 0. The molecular weight excluding hydrogens is 452 g/mol. The standard InChI is InChI=1S/C26H28N2O7/c1-15-12-27(13-16(2)34-15)23(29)17(3)35-26(32)21-11-18(9-10-22(21)33-4)14-28-24(30)19-7-5-6-8-20(19)25(28)31/h5-11,15-17H,12-14H2,1-4H3. The highest BCUT2D eigenvalue weighted by atomic mass is 16.6. The maximum absolute atomic E-state index is 13.0. The summed E-state index contributed by atoms with van der Waals surface area (Å²) in [5.41, 5.74) is 1.35. The molecule has 3 atom stereocenters. The van der Waals surface area contributed by atoms with Gasteiger partial charge in [0.05, 0.1) is 37.0 Å². The molecule has 3 unspecified atom stereocenters. The highest BCUT2D eigenvalue weighted by Gasteiger charge is 2.35. The second kappa shape index (κ2) is 9.87. The molecule has 0 aromatic heterocycles. The van der Waals surface area contributed by atoms with Crippen LogP contribution in [0.2, 0.25) is 0 Å². The summed E-state index contributed by atoms with van der Waals surface area (Å²) in [6.07, 6.45) is -1.22. The number of rotatable bonds is 6. The lowest BCUT2D eigenvalue weighted by molar-refractivity contribution is -0.151. The highest BCUT2D eigenvalue weighted by molar-refractivity contribution is 6.21. The first-order valence-electron chi connectivity index (χ1n) is 11.5. The topological polar surface area (TPSA) is 102 Å². The number of methoxy groups -OCH3 is 1. The molecule has 2 aromatic carbocycles. The molecule has 0 N–H and O–H groups in total. The molecule has 0 aliphatic carbocycles. The lowest BCUT2D eigenvalue weighted by Gasteiger charge is -2.36. The number of imide groups is 1. The number of nitrogens with zero attached hydrogens (tertiary/aromatic N) is 2. The third-order valence-electron chi connectivity index (χ3n) is 6.07. The van der Waals surface area contributed by atoms with Crippen LogP contribution in [0.25, 0.3) is 0 Å². The van der Waals surface area contributed by atoms with E-state index in [-0.39, 0.29) is 36.0 Å². The van der Waals surface area contributed by atoms with Crippen molar-refractivity contribution in [3.8, 4) is 5.75 Å². The first kappa shape index (κ1) is 24.4. The number of carbonyl (C=O) groups excluding carboxylic acids is 4. The lowest BCUT2D eigenvalue weighted by atomic mass is 10.1. The molecule has 9 heteroatoms. The maximum Gasteiger partial charge on any atom is 0.342 e. The van der Waals surface area contributed by atoms with Gasteiger partial charge in [-0.25, -0.2) is 4.79 Å². The van der Waals surface area contributed by atoms with Crippen molar-refractivity contribution in [3.63, 3.8) is 0 Å². The Morgan fingerprint density at radius 1 is 1.03 bits per heavy atom. The fourth-order valence-electron chi connectivity index (χ4n) is 4.47. The molecule has 1 fully saturated rings. The van der Waals surface area contributed by atoms with Gasteiger partial charge in [0.25, 0.3) is 17.7 Å². The Bertz CT molecular complexity index is 1130. The SMILES string of the molecule is COc1ccc(CN2C(=O)c3ccccc3C2=O)cc1C(=O)OC(C)C(=O)N1CC(C)OC(C)C1. The van der Waals surface area contributed by atoms with Gasteiger partial charge in [0.15, 0.2) is 6.10 Å². The number of hydrogen-bond acceptors (Lipinski definition) is 7. The van der Waals surface area contributed by atoms with Gasteiger partial charge in [-0.05, 0) is 50.6 Å². The van der Waals surface area contributed by atoms with Crippen LogP contribution in [0.15, 0.2) is 42.5 Å². The predicted octanol–water partition coefficient (Wildman–Crippen LogP) is 2.67. The average Bonchev–Trinajstić information content (AvgIpc) is 3.07. The van der Waals surface area contributed by atoms with Crippen molar-refractivity contribution < 1.29 is 33.4 Å². The van der Waals surface area contributed by atoms with E-state index >= 15 is 0 Å². The summed E-state index contributed by atoms with van der Waals surface area (Å²) in [4.78, 5) is 54.1. The van der Waals surface area contributed by atoms with E-state index in [1.54, 1.807) is 41.3 Å². The Morgan fingerprint density at radius 2 is 1.63 bits per heavy atom. The number of ether oxygens (including phenoxy) is 3. The zero-order chi connectivity index (χ0) is 25.3. The Labute approximate surface area is 203 Å². The molecule has 9 nitrogen and oxygen atoms in total. The molecule has 0 radical (unpaired) electrons. The zero-order valence-electron chi connectivity index (χ0n) is 20.1. The van der Waals surface area contributed by atoms with Gasteiger partial charge in [-0.3, -0.25) is 19.3 Å². The van der Waals surface area contributed by atoms with E-state index in [9.17, 15) is 19.2 Å². The Kier molecular flexibility index (Phi) is 6.88. The van der Waals surface area contributed by atoms with Crippen molar-refractivity contribution in [2.24, 2.45) is 0 Å². The molecule has 0 saturated carbocycles. The van der Waals surface area contributed by atoms with Gasteiger partial charge in [0.2, 0.25) is 0 Å². The van der Waals surface area contributed by atoms with Crippen LogP contribution >= 0.6 is 0 Å². The largest absolute Gasteiger partial charge is 0.496 e. The van der Waals surface area contributed by atoms with E-state index in [1.165, 1.54) is 20.1 Å². The molecule has 4 rings (SSSR count). The number of carbonyl (C=O) groups is 4. The highest BCUT2D eigenvalue weighted by Crippen LogP contribution is 2.27. The smallest absolute Gasteiger partial charge is 0.342 e. The molecule has 184 valence electrons. The second-order valence-corrected chi connectivity index (χ2v) is 8.82. The molecule has 2 aromatic rings. The van der Waals surface area contributed by atoms with Crippen molar-refractivity contribution in [2.75, 3.05) is 20.2 Å². The van der Waals surface area contributed by atoms with E-state index in [0.717, 1.165) is 4.90 Å². The minimum atomic E-state index is -1.01. The first-order valence-corrected chi connectivity index (χ1v) is 11.5. The van der Waals surface area contributed by atoms with Crippen molar-refractivity contribution >= 4 is 23.7 Å². The van der Waals surface area contributed by atoms with E-state index in [1.807, 2.05) is 13.8 Å². The number of esters is 1. The summed E-state index contributed by atoms with van der Waals surface area (Å²) in [5.74, 6) is -1.56. The molecule has 2 aliphatic heterocycles. The van der Waals surface area contributed by atoms with Gasteiger partial charge in [-0.1, -0.05) is 18.2 Å². The third-order valence-corrected chi connectivity index (χ3v) is 6.07. The Hall–Kier alpha value is -3.72. The van der Waals surface area contributed by atoms with Gasteiger partial charge in [0.1, 0.15) is 11.3 Å². The van der Waals surface area contributed by atoms with E-state index < -0.39 is 23.9 Å². The second-order valence-electron chi connectivity index (χ2n) is 8.82. The summed E-state index contributed by atoms with van der Waals surface area (Å²) < 4.78 is 16.5. The first-order chi connectivity index (χ1) is 16.7. The summed E-state index contributed by atoms with van der Waals surface area (Å²) in [5, 5.41) is 0. The van der Waals surface area contributed by atoms with Gasteiger partial charge in [-0.15, -0.1) is 0 Å². The van der Waals surface area contributed by atoms with Crippen LogP contribution in [0.5, 0.6) is 5.75 Å². The van der Waals surface area contributed by atoms with Crippen LogP contribution in [-0.4, -0.2) is 72.0 Å². The quantitative estimate of drug-likeness (QED) is 0.463. The fraction of sp³-hybridized carbons (Fsp3) is 0.385. The number of hydrogen-bond donors (Lipinski definition) is 0. The molecule has 2 aliphatic rings. The molecule has 3 amide bonds. The molecule has 35 heavy (non-hydrogen) atoms. The molecular formula is C26H28N2O7. The van der Waals surface area contributed by atoms with E-state index in [0.29, 0.717) is 29.8 Å². The normalized spacial score (nSPS) is 20.5. The number of morpholine rings is 1. The zero-order valence-corrected chi connectivity index (χ0v) is 20.1. The maximum atomic E-state index is 13.0. The van der Waals surface area contributed by atoms with Crippen molar-refractivity contribution in [1.29, 1.82) is 0 Å². The Balaban J connectivity index is 1.49. The number of fused-ring (bicyclic) bond motifs is 1. The predicted molar refractivity (Wildman–Crippen MR) is 125 cm³/mol. The van der Waals surface area contributed by atoms with Crippen molar-refractivity contribution in [1.82, 2.24) is 9.80 Å². The van der Waals surface area contributed by atoms with Gasteiger partial charge >= 0.3 is 5.97 Å². The van der Waals surface area contributed by atoms with Crippen LogP contribution in [0, 0.1) is 0 Å². The molecule has 2 heterocycles. The van der Waals surface area contributed by atoms with Crippen molar-refractivity contribution in [3.05, 3.63) is 64.7 Å². The molecule has 0 bridgehead atoms. The van der Waals surface area contributed by atoms with Gasteiger partial charge in [-0.2, -0.15) is 0 Å². The van der Waals surface area contributed by atoms with Crippen LogP contribution in [0.1, 0.15) is 57.4 Å². The van der Waals surface area contributed by atoms with Crippen LogP contribution in [0.3, 0.4) is 0 Å². The van der Waals surface area contributed by atoms with Crippen LogP contribution < -0.4 is 4.74 Å². The van der Waals surface area contributed by atoms with Gasteiger partial charge < -0.3 is 19.1 Å². The lowest BCUT2D eigenvalue weighted by Crippen LogP contribution is -2.51. The fourth-order valence-corrected chi connectivity index (χ4v) is 4.47. The van der Waals surface area contributed by atoms with E-state index in [4.69, 9.17) is 14.2 Å². The minimum absolute atomic E-state index is 0.0192. The average molecular weight is 481 g/mol. The van der Waals surface area contributed by atoms with E-state index in [2.05, 4.69) is 0 Å². The molecule has 1 saturated heterocycles. The van der Waals surface area contributed by atoms with Crippen molar-refractivity contribution in [2.45, 2.75) is 45.6 Å². The summed E-state index contributed by atoms with van der Waals surface area (Å²) in [6.45, 7) is 6.12. The van der Waals surface area contributed by atoms with Crippen LogP contribution in [0.4, 0.5) is 0 Å². The summed E-state index contributed by atoms with van der Waals surface area (Å²) in [6, 6.07) is 11.4. The van der Waals surface area contributed by atoms with Crippen LogP contribution in [-0.2, 0) is 20.8 Å². The minimum Gasteiger partial charge on any atom is -0.496 e. The molecule has 0 spiro atoms.